The Labute approximate surface area is 104 Å². The molecule has 0 heterocycles. The van der Waals surface area contributed by atoms with Crippen LogP contribution in [-0.2, 0) is 9.53 Å². The Morgan fingerprint density at radius 2 is 1.76 bits per heavy atom. The maximum absolute atomic E-state index is 11.7. The van der Waals surface area contributed by atoms with Gasteiger partial charge in [0.15, 0.2) is 0 Å². The van der Waals surface area contributed by atoms with E-state index in [0.717, 1.165) is 5.70 Å². The lowest BCUT2D eigenvalue weighted by atomic mass is 10.1. The third-order valence-electron chi connectivity index (χ3n) is 2.08. The number of allylic oxidation sites excluding steroid dienone is 1. The summed E-state index contributed by atoms with van der Waals surface area (Å²) in [5.41, 5.74) is 1.96. The summed E-state index contributed by atoms with van der Waals surface area (Å²) < 4.78 is 4.78. The van der Waals surface area contributed by atoms with Crippen LogP contribution in [0.1, 0.15) is 6.92 Å². The van der Waals surface area contributed by atoms with Crippen molar-refractivity contribution in [3.8, 4) is 0 Å². The van der Waals surface area contributed by atoms with Crippen molar-refractivity contribution >= 4 is 5.97 Å². The second-order valence-electron chi connectivity index (χ2n) is 4.21. The molecule has 0 aromatic rings. The van der Waals surface area contributed by atoms with Gasteiger partial charge in [-0.05, 0) is 18.6 Å². The van der Waals surface area contributed by atoms with Crippen molar-refractivity contribution in [2.24, 2.45) is 0 Å². The largest absolute Gasteiger partial charge is 0.465 e. The summed E-state index contributed by atoms with van der Waals surface area (Å²) >= 11 is 0. The molecule has 0 aliphatic rings. The number of carbonyl (C=O) groups is 1. The summed E-state index contributed by atoms with van der Waals surface area (Å²) in [6, 6.07) is 0. The van der Waals surface area contributed by atoms with Gasteiger partial charge < -0.3 is 14.5 Å². The van der Waals surface area contributed by atoms with Gasteiger partial charge in [-0.1, -0.05) is 6.58 Å². The third-order valence-corrected chi connectivity index (χ3v) is 2.08. The number of carbonyl (C=O) groups excluding carboxylic acids is 1. The minimum Gasteiger partial charge on any atom is -0.465 e. The SMILES string of the molecule is C=C(C)/C(C(=O)OC)=C(/C=C/N(C)C)N(C)C. The Morgan fingerprint density at radius 1 is 1.24 bits per heavy atom. The van der Waals surface area contributed by atoms with Crippen LogP contribution in [0.2, 0.25) is 0 Å². The van der Waals surface area contributed by atoms with E-state index in [4.69, 9.17) is 4.74 Å². The third kappa shape index (κ3) is 4.76. The fourth-order valence-electron chi connectivity index (χ4n) is 1.28. The molecule has 0 spiro atoms. The number of methoxy groups -OCH3 is 1. The maximum Gasteiger partial charge on any atom is 0.340 e. The minimum atomic E-state index is -0.371. The van der Waals surface area contributed by atoms with E-state index in [-0.39, 0.29) is 5.97 Å². The van der Waals surface area contributed by atoms with E-state index in [0.29, 0.717) is 11.1 Å². The van der Waals surface area contributed by atoms with Crippen molar-refractivity contribution in [1.29, 1.82) is 0 Å². The van der Waals surface area contributed by atoms with Crippen molar-refractivity contribution < 1.29 is 9.53 Å². The lowest BCUT2D eigenvalue weighted by molar-refractivity contribution is -0.135. The highest BCUT2D eigenvalue weighted by Gasteiger charge is 2.16. The predicted octanol–water partition coefficient (Wildman–Crippen LogP) is 1.63. The fourth-order valence-corrected chi connectivity index (χ4v) is 1.28. The smallest absolute Gasteiger partial charge is 0.340 e. The summed E-state index contributed by atoms with van der Waals surface area (Å²) in [6.45, 7) is 5.61. The van der Waals surface area contributed by atoms with E-state index < -0.39 is 0 Å². The van der Waals surface area contributed by atoms with Crippen molar-refractivity contribution in [2.45, 2.75) is 6.92 Å². The molecular weight excluding hydrogens is 216 g/mol. The first-order chi connectivity index (χ1) is 7.81. The van der Waals surface area contributed by atoms with Crippen LogP contribution in [0.4, 0.5) is 0 Å². The van der Waals surface area contributed by atoms with Crippen LogP contribution >= 0.6 is 0 Å². The van der Waals surface area contributed by atoms with E-state index in [9.17, 15) is 4.79 Å². The molecule has 0 aromatic carbocycles. The van der Waals surface area contributed by atoms with Crippen molar-refractivity contribution in [1.82, 2.24) is 9.80 Å². The van der Waals surface area contributed by atoms with Gasteiger partial charge in [-0.25, -0.2) is 4.79 Å². The number of hydrogen-bond donors (Lipinski definition) is 0. The molecule has 0 atom stereocenters. The first-order valence-corrected chi connectivity index (χ1v) is 5.31. The van der Waals surface area contributed by atoms with E-state index in [1.165, 1.54) is 7.11 Å². The van der Waals surface area contributed by atoms with Crippen LogP contribution in [-0.4, -0.2) is 51.1 Å². The second kappa shape index (κ2) is 6.78. The molecule has 0 radical (unpaired) electrons. The van der Waals surface area contributed by atoms with E-state index in [1.54, 1.807) is 6.92 Å². The summed E-state index contributed by atoms with van der Waals surface area (Å²) in [4.78, 5) is 15.5. The number of rotatable bonds is 5. The number of likely N-dealkylation sites (N-methyl/N-ethyl adjacent to an activating group) is 1. The topological polar surface area (TPSA) is 32.8 Å². The summed E-state index contributed by atoms with van der Waals surface area (Å²) in [5, 5.41) is 0. The summed E-state index contributed by atoms with van der Waals surface area (Å²) in [6.07, 6.45) is 3.74. The van der Waals surface area contributed by atoms with E-state index in [2.05, 4.69) is 6.58 Å². The molecule has 0 N–H and O–H groups in total. The highest BCUT2D eigenvalue weighted by atomic mass is 16.5. The Kier molecular flexibility index (Phi) is 6.10. The first kappa shape index (κ1) is 15.3. The molecule has 0 aliphatic heterocycles. The van der Waals surface area contributed by atoms with Gasteiger partial charge in [0.25, 0.3) is 0 Å². The number of hydrogen-bond acceptors (Lipinski definition) is 4. The molecule has 0 bridgehead atoms. The van der Waals surface area contributed by atoms with Crippen LogP contribution in [0.3, 0.4) is 0 Å². The molecule has 0 unspecified atom stereocenters. The van der Waals surface area contributed by atoms with Gasteiger partial charge in [0.2, 0.25) is 0 Å². The second-order valence-corrected chi connectivity index (χ2v) is 4.21. The molecule has 0 saturated heterocycles. The minimum absolute atomic E-state index is 0.371. The molecule has 96 valence electrons. The Bertz CT molecular complexity index is 352. The average molecular weight is 238 g/mol. The van der Waals surface area contributed by atoms with E-state index in [1.807, 2.05) is 50.3 Å². The number of ether oxygens (including phenoxy) is 1. The highest BCUT2D eigenvalue weighted by molar-refractivity contribution is 5.94. The van der Waals surface area contributed by atoms with Crippen LogP contribution in [0.15, 0.2) is 35.7 Å². The van der Waals surface area contributed by atoms with Crippen molar-refractivity contribution in [2.75, 3.05) is 35.3 Å². The molecule has 0 saturated carbocycles. The maximum atomic E-state index is 11.7. The molecule has 0 amide bonds. The molecule has 4 nitrogen and oxygen atoms in total. The lowest BCUT2D eigenvalue weighted by Gasteiger charge is -2.19. The predicted molar refractivity (Wildman–Crippen MR) is 70.4 cm³/mol. The zero-order valence-corrected chi connectivity index (χ0v) is 11.6. The van der Waals surface area contributed by atoms with Crippen LogP contribution in [0.5, 0.6) is 0 Å². The van der Waals surface area contributed by atoms with Gasteiger partial charge in [-0.15, -0.1) is 0 Å². The first-order valence-electron chi connectivity index (χ1n) is 5.31. The van der Waals surface area contributed by atoms with Gasteiger partial charge in [-0.2, -0.15) is 0 Å². The Balaban J connectivity index is 5.60. The molecule has 0 aliphatic carbocycles. The number of nitrogens with zero attached hydrogens (tertiary/aromatic N) is 2. The molecule has 0 rings (SSSR count). The van der Waals surface area contributed by atoms with Gasteiger partial charge >= 0.3 is 5.97 Å². The van der Waals surface area contributed by atoms with Crippen LogP contribution < -0.4 is 0 Å². The van der Waals surface area contributed by atoms with Gasteiger partial charge in [0, 0.05) is 34.4 Å². The summed E-state index contributed by atoms with van der Waals surface area (Å²) in [7, 11) is 8.96. The van der Waals surface area contributed by atoms with Crippen LogP contribution in [0, 0.1) is 0 Å². The van der Waals surface area contributed by atoms with Crippen molar-refractivity contribution in [3.05, 3.63) is 35.7 Å². The standard InChI is InChI=1S/C13H22N2O2/c1-10(2)12(13(16)17-7)11(15(5)6)8-9-14(3)4/h8-9H,1H2,2-7H3/b9-8+,12-11+. The zero-order chi connectivity index (χ0) is 13.6. The number of esters is 1. The molecule has 0 fully saturated rings. The van der Waals surface area contributed by atoms with Gasteiger partial charge in [0.05, 0.1) is 18.4 Å². The lowest BCUT2D eigenvalue weighted by Crippen LogP contribution is -2.18. The van der Waals surface area contributed by atoms with E-state index >= 15 is 0 Å². The van der Waals surface area contributed by atoms with Gasteiger partial charge in [-0.3, -0.25) is 0 Å². The Morgan fingerprint density at radius 3 is 2.06 bits per heavy atom. The quantitative estimate of drug-likeness (QED) is 0.414. The summed E-state index contributed by atoms with van der Waals surface area (Å²) in [5.74, 6) is -0.371. The fraction of sp³-hybridized carbons (Fsp3) is 0.462. The molecule has 0 aromatic heterocycles. The van der Waals surface area contributed by atoms with Gasteiger partial charge in [0.1, 0.15) is 0 Å². The molecule has 4 heteroatoms. The normalized spacial score (nSPS) is 12.1. The highest BCUT2D eigenvalue weighted by Crippen LogP contribution is 2.17. The zero-order valence-electron chi connectivity index (χ0n) is 11.6. The van der Waals surface area contributed by atoms with Crippen molar-refractivity contribution in [3.63, 3.8) is 0 Å². The Hall–Kier alpha value is -1.71. The molecule has 17 heavy (non-hydrogen) atoms. The monoisotopic (exact) mass is 238 g/mol. The average Bonchev–Trinajstić information content (AvgIpc) is 2.21. The van der Waals surface area contributed by atoms with Crippen LogP contribution in [0.25, 0.3) is 0 Å². The molecular formula is C13H22N2O2.